The summed E-state index contributed by atoms with van der Waals surface area (Å²) in [5.74, 6) is -0.289. The zero-order valence-electron chi connectivity index (χ0n) is 13.3. The Labute approximate surface area is 137 Å². The molecule has 0 N–H and O–H groups in total. The van der Waals surface area contributed by atoms with E-state index in [1.54, 1.807) is 28.9 Å². The summed E-state index contributed by atoms with van der Waals surface area (Å²) in [6.45, 7) is 3.56. The molecular weight excluding hydrogens is 313 g/mol. The van der Waals surface area contributed by atoms with Gasteiger partial charge in [0.15, 0.2) is 0 Å². The molecule has 0 saturated heterocycles. The molecule has 3 rings (SSSR count). The average Bonchev–Trinajstić information content (AvgIpc) is 2.88. The monoisotopic (exact) mass is 329 g/mol. The summed E-state index contributed by atoms with van der Waals surface area (Å²) < 4.78 is 25.5. The van der Waals surface area contributed by atoms with Gasteiger partial charge < -0.3 is 9.47 Å². The zero-order valence-corrected chi connectivity index (χ0v) is 13.3. The molecule has 2 aromatic heterocycles. The van der Waals surface area contributed by atoms with Crippen molar-refractivity contribution in [1.82, 2.24) is 14.4 Å². The highest BCUT2D eigenvalue weighted by molar-refractivity contribution is 5.66. The van der Waals surface area contributed by atoms with Gasteiger partial charge >= 0.3 is 5.97 Å². The van der Waals surface area contributed by atoms with Crippen LogP contribution in [-0.4, -0.2) is 20.3 Å². The van der Waals surface area contributed by atoms with E-state index in [0.29, 0.717) is 11.5 Å². The number of fused-ring (bicyclic) bond motifs is 1. The number of carbonyl (C=O) groups excluding carboxylic acids is 1. The van der Waals surface area contributed by atoms with E-state index < -0.39 is 0 Å². The number of benzene rings is 1. The Morgan fingerprint density at radius 3 is 2.71 bits per heavy atom. The number of halogens is 1. The first-order chi connectivity index (χ1) is 11.5. The third-order valence-corrected chi connectivity index (χ3v) is 3.51. The first-order valence-corrected chi connectivity index (χ1v) is 7.37. The van der Waals surface area contributed by atoms with E-state index in [-0.39, 0.29) is 25.0 Å². The van der Waals surface area contributed by atoms with Gasteiger partial charge in [-0.25, -0.2) is 14.4 Å². The van der Waals surface area contributed by atoms with Crippen molar-refractivity contribution in [1.29, 1.82) is 0 Å². The lowest BCUT2D eigenvalue weighted by molar-refractivity contribution is -0.142. The molecule has 0 amide bonds. The van der Waals surface area contributed by atoms with Gasteiger partial charge in [-0.2, -0.15) is 0 Å². The fourth-order valence-corrected chi connectivity index (χ4v) is 2.29. The van der Waals surface area contributed by atoms with Crippen LogP contribution in [0.1, 0.15) is 23.9 Å². The Kier molecular flexibility index (Phi) is 4.41. The smallest absolute Gasteiger partial charge is 0.303 e. The van der Waals surface area contributed by atoms with E-state index in [1.165, 1.54) is 19.1 Å². The number of carbonyl (C=O) groups is 1. The maximum absolute atomic E-state index is 12.9. The maximum Gasteiger partial charge on any atom is 0.303 e. The van der Waals surface area contributed by atoms with Crippen LogP contribution in [0.25, 0.3) is 5.65 Å². The lowest BCUT2D eigenvalue weighted by atomic mass is 10.2. The summed E-state index contributed by atoms with van der Waals surface area (Å²) in [6.07, 6.45) is 3.32. The highest BCUT2D eigenvalue weighted by Crippen LogP contribution is 2.21. The molecule has 0 unspecified atom stereocenters. The van der Waals surface area contributed by atoms with Crippen molar-refractivity contribution in [2.75, 3.05) is 0 Å². The van der Waals surface area contributed by atoms with Crippen molar-refractivity contribution < 1.29 is 18.7 Å². The normalized spacial score (nSPS) is 10.8. The lowest BCUT2D eigenvalue weighted by Crippen LogP contribution is -2.04. The van der Waals surface area contributed by atoms with Gasteiger partial charge in [0.2, 0.25) is 5.65 Å². The first-order valence-electron chi connectivity index (χ1n) is 7.37. The second kappa shape index (κ2) is 6.66. The van der Waals surface area contributed by atoms with Gasteiger partial charge in [0.05, 0.1) is 11.4 Å². The molecule has 2 heterocycles. The predicted octanol–water partition coefficient (Wildman–Crippen LogP) is 2.82. The molecule has 0 atom stereocenters. The van der Waals surface area contributed by atoms with Crippen LogP contribution in [-0.2, 0) is 22.7 Å². The summed E-state index contributed by atoms with van der Waals surface area (Å²) in [5, 5.41) is 0. The van der Waals surface area contributed by atoms with Crippen molar-refractivity contribution in [2.45, 2.75) is 27.1 Å². The molecule has 0 aliphatic heterocycles. The molecule has 1 aromatic carbocycles. The molecule has 0 aliphatic carbocycles. The first kappa shape index (κ1) is 15.9. The van der Waals surface area contributed by atoms with Gasteiger partial charge in [-0.3, -0.25) is 9.20 Å². The number of esters is 1. The minimum Gasteiger partial charge on any atom is -0.470 e. The van der Waals surface area contributed by atoms with E-state index in [1.807, 2.05) is 6.92 Å². The summed E-state index contributed by atoms with van der Waals surface area (Å²) in [4.78, 5) is 19.7. The minimum atomic E-state index is -0.355. The Morgan fingerprint density at radius 1 is 1.25 bits per heavy atom. The predicted molar refractivity (Wildman–Crippen MR) is 83.9 cm³/mol. The van der Waals surface area contributed by atoms with Gasteiger partial charge in [-0.1, -0.05) is 12.1 Å². The van der Waals surface area contributed by atoms with E-state index in [4.69, 9.17) is 9.47 Å². The summed E-state index contributed by atoms with van der Waals surface area (Å²) in [5.41, 5.74) is 2.85. The Hall–Kier alpha value is -2.96. The number of aryl methyl sites for hydroxylation is 1. The number of rotatable bonds is 5. The second-order valence-corrected chi connectivity index (χ2v) is 5.27. The quantitative estimate of drug-likeness (QED) is 0.674. The van der Waals surface area contributed by atoms with Crippen LogP contribution < -0.4 is 4.74 Å². The van der Waals surface area contributed by atoms with Crippen molar-refractivity contribution in [3.63, 3.8) is 0 Å². The molecule has 7 heteroatoms. The molecule has 124 valence electrons. The van der Waals surface area contributed by atoms with Crippen LogP contribution in [0, 0.1) is 12.7 Å². The Bertz CT molecular complexity index is 875. The van der Waals surface area contributed by atoms with Crippen LogP contribution in [0.15, 0.2) is 36.7 Å². The van der Waals surface area contributed by atoms with Gasteiger partial charge in [0, 0.05) is 19.3 Å². The fraction of sp³-hybridized carbons (Fsp3) is 0.235. The van der Waals surface area contributed by atoms with Crippen LogP contribution in [0.4, 0.5) is 4.39 Å². The fourth-order valence-electron chi connectivity index (χ4n) is 2.29. The standard InChI is InChI=1S/C17H16FN3O3/c1-11-15(10-23-12(2)22)21-8-7-19-17(16(21)20-11)24-9-13-3-5-14(18)6-4-13/h3-8H,9-10H2,1-2H3. The van der Waals surface area contributed by atoms with Gasteiger partial charge in [-0.05, 0) is 24.6 Å². The third-order valence-electron chi connectivity index (χ3n) is 3.51. The minimum absolute atomic E-state index is 0.129. The molecule has 0 aliphatic rings. The zero-order chi connectivity index (χ0) is 17.1. The van der Waals surface area contributed by atoms with E-state index in [2.05, 4.69) is 9.97 Å². The molecule has 0 spiro atoms. The SMILES string of the molecule is CC(=O)OCc1c(C)nc2c(OCc3ccc(F)cc3)nccn12. The molecule has 6 nitrogen and oxygen atoms in total. The number of nitrogens with zero attached hydrogens (tertiary/aromatic N) is 3. The molecule has 3 aromatic rings. The topological polar surface area (TPSA) is 65.7 Å². The molecular formula is C17H16FN3O3. The number of hydrogen-bond donors (Lipinski definition) is 0. The molecule has 0 bridgehead atoms. The molecule has 24 heavy (non-hydrogen) atoms. The van der Waals surface area contributed by atoms with Gasteiger partial charge in [0.25, 0.3) is 5.88 Å². The molecule has 0 fully saturated rings. The maximum atomic E-state index is 12.9. The molecule has 0 radical (unpaired) electrons. The van der Waals surface area contributed by atoms with Crippen molar-refractivity contribution in [2.24, 2.45) is 0 Å². The Balaban J connectivity index is 1.84. The number of imidazole rings is 1. The van der Waals surface area contributed by atoms with E-state index in [9.17, 15) is 9.18 Å². The van der Waals surface area contributed by atoms with E-state index >= 15 is 0 Å². The average molecular weight is 329 g/mol. The Morgan fingerprint density at radius 2 is 2.00 bits per heavy atom. The third kappa shape index (κ3) is 3.34. The number of hydrogen-bond acceptors (Lipinski definition) is 5. The van der Waals surface area contributed by atoms with Crippen LogP contribution in [0.3, 0.4) is 0 Å². The number of aromatic nitrogens is 3. The highest BCUT2D eigenvalue weighted by atomic mass is 19.1. The van der Waals surface area contributed by atoms with Gasteiger partial charge in [-0.15, -0.1) is 0 Å². The summed E-state index contributed by atoms with van der Waals surface area (Å²) >= 11 is 0. The van der Waals surface area contributed by atoms with E-state index in [0.717, 1.165) is 17.0 Å². The highest BCUT2D eigenvalue weighted by Gasteiger charge is 2.14. The second-order valence-electron chi connectivity index (χ2n) is 5.27. The molecule has 0 saturated carbocycles. The van der Waals surface area contributed by atoms with Crippen molar-refractivity contribution in [3.05, 3.63) is 59.4 Å². The van der Waals surface area contributed by atoms with Crippen LogP contribution in [0.2, 0.25) is 0 Å². The van der Waals surface area contributed by atoms with Gasteiger partial charge in [0.1, 0.15) is 19.0 Å². The van der Waals surface area contributed by atoms with Crippen molar-refractivity contribution >= 4 is 11.6 Å². The van der Waals surface area contributed by atoms with Crippen LogP contribution >= 0.6 is 0 Å². The number of ether oxygens (including phenoxy) is 2. The summed E-state index contributed by atoms with van der Waals surface area (Å²) in [7, 11) is 0. The largest absolute Gasteiger partial charge is 0.470 e. The lowest BCUT2D eigenvalue weighted by Gasteiger charge is -2.07. The van der Waals surface area contributed by atoms with Crippen LogP contribution in [0.5, 0.6) is 5.88 Å². The van der Waals surface area contributed by atoms with Crippen molar-refractivity contribution in [3.8, 4) is 5.88 Å². The summed E-state index contributed by atoms with van der Waals surface area (Å²) in [6, 6.07) is 6.06.